The van der Waals surface area contributed by atoms with E-state index in [9.17, 15) is 4.79 Å². The van der Waals surface area contributed by atoms with Gasteiger partial charge in [0.2, 0.25) is 5.91 Å². The Balaban J connectivity index is 0.00000242. The van der Waals surface area contributed by atoms with Crippen LogP contribution in [-0.2, 0) is 11.3 Å². The number of halogens is 2. The van der Waals surface area contributed by atoms with Crippen molar-refractivity contribution in [3.63, 3.8) is 0 Å². The minimum Gasteiger partial charge on any atom is -0.338 e. The number of imidazole rings is 1. The van der Waals surface area contributed by atoms with Crippen molar-refractivity contribution in [2.75, 3.05) is 13.1 Å². The number of hydrogen-bond donors (Lipinski definition) is 1. The highest BCUT2D eigenvalue weighted by molar-refractivity contribution is 5.85. The van der Waals surface area contributed by atoms with Gasteiger partial charge in [-0.1, -0.05) is 20.8 Å². The van der Waals surface area contributed by atoms with Crippen LogP contribution < -0.4 is 5.73 Å². The van der Waals surface area contributed by atoms with Gasteiger partial charge in [-0.25, -0.2) is 4.98 Å². The first kappa shape index (κ1) is 22.2. The first-order valence-corrected chi connectivity index (χ1v) is 8.03. The molecule has 0 spiro atoms. The first-order valence-electron chi connectivity index (χ1n) is 8.03. The zero-order valence-electron chi connectivity index (χ0n) is 14.3. The monoisotopic (exact) mass is 364 g/mol. The van der Waals surface area contributed by atoms with Gasteiger partial charge in [0.05, 0.1) is 0 Å². The molecule has 1 saturated heterocycles. The number of likely N-dealkylation sites (tertiary alicyclic amines) is 1. The number of carbonyl (C=O) groups is 1. The first-order chi connectivity index (χ1) is 10.0. The third kappa shape index (κ3) is 5.66. The maximum atomic E-state index is 12.5. The fraction of sp³-hybridized carbons (Fsp3) is 0.750. The van der Waals surface area contributed by atoms with E-state index in [0.29, 0.717) is 31.3 Å². The van der Waals surface area contributed by atoms with E-state index in [2.05, 4.69) is 30.3 Å². The third-order valence-electron chi connectivity index (χ3n) is 4.40. The van der Waals surface area contributed by atoms with E-state index in [-0.39, 0.29) is 36.8 Å². The SMILES string of the molecule is CC1CCN(C(=O)CCn2ccnc2C(C)C)C(CN)C1.Cl.Cl. The molecule has 1 aromatic heterocycles. The molecule has 134 valence electrons. The minimum atomic E-state index is 0. The maximum absolute atomic E-state index is 12.5. The van der Waals surface area contributed by atoms with Gasteiger partial charge in [0.15, 0.2) is 0 Å². The summed E-state index contributed by atoms with van der Waals surface area (Å²) < 4.78 is 2.09. The van der Waals surface area contributed by atoms with E-state index in [1.165, 1.54) is 0 Å². The molecule has 2 N–H and O–H groups in total. The molecular formula is C16H30Cl2N4O. The molecule has 1 fully saturated rings. The zero-order chi connectivity index (χ0) is 15.4. The molecule has 5 nitrogen and oxygen atoms in total. The van der Waals surface area contributed by atoms with Crippen molar-refractivity contribution < 1.29 is 4.79 Å². The van der Waals surface area contributed by atoms with E-state index in [1.807, 2.05) is 17.3 Å². The molecule has 7 heteroatoms. The molecule has 0 radical (unpaired) electrons. The summed E-state index contributed by atoms with van der Waals surface area (Å²) in [6.07, 6.45) is 6.42. The Bertz CT molecular complexity index is 478. The smallest absolute Gasteiger partial charge is 0.224 e. The van der Waals surface area contributed by atoms with E-state index < -0.39 is 0 Å². The fourth-order valence-electron chi connectivity index (χ4n) is 3.17. The lowest BCUT2D eigenvalue weighted by atomic mass is 9.92. The van der Waals surface area contributed by atoms with Gasteiger partial charge >= 0.3 is 0 Å². The average Bonchev–Trinajstić information content (AvgIpc) is 2.93. The van der Waals surface area contributed by atoms with Crippen molar-refractivity contribution in [2.45, 2.75) is 58.5 Å². The Hall–Kier alpha value is -0.780. The number of nitrogens with two attached hydrogens (primary N) is 1. The predicted molar refractivity (Wildman–Crippen MR) is 98.4 cm³/mol. The van der Waals surface area contributed by atoms with E-state index in [1.54, 1.807) is 0 Å². The van der Waals surface area contributed by atoms with Gasteiger partial charge < -0.3 is 15.2 Å². The topological polar surface area (TPSA) is 64.2 Å². The highest BCUT2D eigenvalue weighted by atomic mass is 35.5. The van der Waals surface area contributed by atoms with Crippen LogP contribution in [0.25, 0.3) is 0 Å². The zero-order valence-corrected chi connectivity index (χ0v) is 15.9. The second kappa shape index (κ2) is 10.2. The lowest BCUT2D eigenvalue weighted by Crippen LogP contribution is -2.49. The standard InChI is InChI=1S/C16H28N4O.2ClH/c1-12(2)16-18-6-9-19(16)7-5-15(21)20-8-4-13(3)10-14(20)11-17;;/h6,9,12-14H,4-5,7-8,10-11,17H2,1-3H3;2*1H. The summed E-state index contributed by atoms with van der Waals surface area (Å²) in [7, 11) is 0. The maximum Gasteiger partial charge on any atom is 0.224 e. The normalized spacial score (nSPS) is 20.8. The Morgan fingerprint density at radius 2 is 2.13 bits per heavy atom. The highest BCUT2D eigenvalue weighted by Crippen LogP contribution is 2.22. The van der Waals surface area contributed by atoms with Crippen molar-refractivity contribution in [3.8, 4) is 0 Å². The molecule has 0 aliphatic carbocycles. The second-order valence-corrected chi connectivity index (χ2v) is 6.49. The number of aryl methyl sites for hydroxylation is 1. The van der Waals surface area contributed by atoms with Crippen LogP contribution in [0.15, 0.2) is 12.4 Å². The second-order valence-electron chi connectivity index (χ2n) is 6.49. The molecular weight excluding hydrogens is 335 g/mol. The van der Waals surface area contributed by atoms with E-state index in [0.717, 1.165) is 25.2 Å². The lowest BCUT2D eigenvalue weighted by Gasteiger charge is -2.38. The molecule has 1 aromatic rings. The van der Waals surface area contributed by atoms with Crippen LogP contribution in [0.1, 0.15) is 51.8 Å². The molecule has 2 heterocycles. The van der Waals surface area contributed by atoms with Crippen molar-refractivity contribution >= 4 is 30.7 Å². The number of nitrogens with zero attached hydrogens (tertiary/aromatic N) is 3. The molecule has 1 amide bonds. The third-order valence-corrected chi connectivity index (χ3v) is 4.40. The molecule has 2 atom stereocenters. The average molecular weight is 365 g/mol. The number of aromatic nitrogens is 2. The molecule has 0 bridgehead atoms. The van der Waals surface area contributed by atoms with Crippen molar-refractivity contribution in [3.05, 3.63) is 18.2 Å². The number of amides is 1. The van der Waals surface area contributed by atoms with Gasteiger partial charge in [0.25, 0.3) is 0 Å². The molecule has 0 aromatic carbocycles. The number of hydrogen-bond acceptors (Lipinski definition) is 3. The lowest BCUT2D eigenvalue weighted by molar-refractivity contribution is -0.135. The van der Waals surface area contributed by atoms with Crippen molar-refractivity contribution in [2.24, 2.45) is 11.7 Å². The highest BCUT2D eigenvalue weighted by Gasteiger charge is 2.28. The van der Waals surface area contributed by atoms with Gasteiger partial charge in [-0.3, -0.25) is 4.79 Å². The van der Waals surface area contributed by atoms with Gasteiger partial charge in [0, 0.05) is 50.4 Å². The summed E-state index contributed by atoms with van der Waals surface area (Å²) in [5.41, 5.74) is 5.84. The number of piperidine rings is 1. The van der Waals surface area contributed by atoms with Crippen molar-refractivity contribution in [1.82, 2.24) is 14.5 Å². The van der Waals surface area contributed by atoms with Crippen LogP contribution in [0.4, 0.5) is 0 Å². The van der Waals surface area contributed by atoms with E-state index >= 15 is 0 Å². The summed E-state index contributed by atoms with van der Waals surface area (Å²) in [5.74, 6) is 2.32. The van der Waals surface area contributed by atoms with Crippen LogP contribution in [-0.4, -0.2) is 39.5 Å². The van der Waals surface area contributed by atoms with E-state index in [4.69, 9.17) is 5.73 Å². The molecule has 23 heavy (non-hydrogen) atoms. The molecule has 1 aliphatic heterocycles. The van der Waals surface area contributed by atoms with Crippen LogP contribution in [0.5, 0.6) is 0 Å². The fourth-order valence-corrected chi connectivity index (χ4v) is 3.17. The van der Waals surface area contributed by atoms with Gasteiger partial charge in [0.1, 0.15) is 5.82 Å². The summed E-state index contributed by atoms with van der Waals surface area (Å²) in [5, 5.41) is 0. The van der Waals surface area contributed by atoms with Gasteiger partial charge in [-0.05, 0) is 18.8 Å². The summed E-state index contributed by atoms with van der Waals surface area (Å²) in [6, 6.07) is 0.216. The molecule has 2 unspecified atom stereocenters. The number of rotatable bonds is 5. The molecule has 2 rings (SSSR count). The summed E-state index contributed by atoms with van der Waals surface area (Å²) in [6.45, 7) is 8.61. The van der Waals surface area contributed by atoms with Crippen LogP contribution in [0.3, 0.4) is 0 Å². The number of carbonyl (C=O) groups excluding carboxylic acids is 1. The molecule has 1 aliphatic rings. The summed E-state index contributed by atoms with van der Waals surface area (Å²) in [4.78, 5) is 18.8. The van der Waals surface area contributed by atoms with Crippen molar-refractivity contribution in [1.29, 1.82) is 0 Å². The van der Waals surface area contributed by atoms with Crippen LogP contribution in [0.2, 0.25) is 0 Å². The van der Waals surface area contributed by atoms with Crippen LogP contribution in [0, 0.1) is 5.92 Å². The van der Waals surface area contributed by atoms with Gasteiger partial charge in [-0.15, -0.1) is 24.8 Å². The minimum absolute atomic E-state index is 0. The van der Waals surface area contributed by atoms with Crippen LogP contribution >= 0.6 is 24.8 Å². The molecule has 0 saturated carbocycles. The predicted octanol–water partition coefficient (Wildman–Crippen LogP) is 2.83. The Morgan fingerprint density at radius 1 is 1.43 bits per heavy atom. The Kier molecular flexibility index (Phi) is 9.82. The van der Waals surface area contributed by atoms with Gasteiger partial charge in [-0.2, -0.15) is 0 Å². The quantitative estimate of drug-likeness (QED) is 0.873. The Morgan fingerprint density at radius 3 is 2.74 bits per heavy atom. The Labute approximate surface area is 151 Å². The summed E-state index contributed by atoms with van der Waals surface area (Å²) >= 11 is 0. The largest absolute Gasteiger partial charge is 0.338 e.